The van der Waals surface area contributed by atoms with Crippen molar-refractivity contribution in [3.05, 3.63) is 77.5 Å². The van der Waals surface area contributed by atoms with Crippen molar-refractivity contribution in [2.24, 2.45) is 5.92 Å². The summed E-state index contributed by atoms with van der Waals surface area (Å²) in [4.78, 5) is 31.0. The molecule has 0 bridgehead atoms. The van der Waals surface area contributed by atoms with Crippen LogP contribution in [0.3, 0.4) is 0 Å². The Balaban J connectivity index is 1.18. The van der Waals surface area contributed by atoms with Crippen LogP contribution in [-0.4, -0.2) is 47.9 Å². The molecule has 5 rings (SSSR count). The molecule has 216 valence electrons. The second-order valence-corrected chi connectivity index (χ2v) is 10.9. The summed E-state index contributed by atoms with van der Waals surface area (Å²) in [6.45, 7) is 5.01. The summed E-state index contributed by atoms with van der Waals surface area (Å²) in [5, 5.41) is 8.68. The molecule has 10 heteroatoms. The number of carbonyl (C=O) groups excluding carboxylic acids is 2. The molecule has 2 aliphatic rings. The summed E-state index contributed by atoms with van der Waals surface area (Å²) in [5.41, 5.74) is 2.40. The fraction of sp³-hybridized carbons (Fsp3) is 0.387. The van der Waals surface area contributed by atoms with Gasteiger partial charge in [0.05, 0.1) is 5.56 Å². The van der Waals surface area contributed by atoms with Crippen LogP contribution in [0.4, 0.5) is 24.7 Å². The monoisotopic (exact) mass is 565 g/mol. The topological polar surface area (TPSA) is 86.4 Å². The highest BCUT2D eigenvalue weighted by molar-refractivity contribution is 5.93. The Labute approximate surface area is 237 Å². The van der Waals surface area contributed by atoms with Gasteiger partial charge in [0.1, 0.15) is 5.82 Å². The number of alkyl halides is 3. The summed E-state index contributed by atoms with van der Waals surface area (Å²) in [6, 6.07) is 15.5. The maximum Gasteiger partial charge on any atom is 0.416 e. The van der Waals surface area contributed by atoms with E-state index in [1.165, 1.54) is 6.07 Å². The number of carbonyl (C=O) groups is 2. The third-order valence-electron chi connectivity index (χ3n) is 7.57. The van der Waals surface area contributed by atoms with Gasteiger partial charge in [0.15, 0.2) is 0 Å². The molecule has 0 spiro atoms. The number of benzene rings is 2. The number of hydrogen-bond donors (Lipinski definition) is 3. The molecule has 1 aliphatic carbocycles. The molecule has 41 heavy (non-hydrogen) atoms. The first-order valence-electron chi connectivity index (χ1n) is 14.0. The molecular weight excluding hydrogens is 531 g/mol. The Morgan fingerprint density at radius 2 is 1.71 bits per heavy atom. The lowest BCUT2D eigenvalue weighted by Crippen LogP contribution is -2.43. The van der Waals surface area contributed by atoms with Gasteiger partial charge in [-0.3, -0.25) is 14.5 Å². The van der Waals surface area contributed by atoms with E-state index in [0.29, 0.717) is 18.9 Å². The number of hydrogen-bond acceptors (Lipinski definition) is 5. The van der Waals surface area contributed by atoms with Crippen molar-refractivity contribution in [2.75, 3.05) is 36.8 Å². The van der Waals surface area contributed by atoms with Gasteiger partial charge in [-0.2, -0.15) is 13.2 Å². The highest BCUT2D eigenvalue weighted by Crippen LogP contribution is 2.35. The number of amides is 2. The third-order valence-corrected chi connectivity index (χ3v) is 7.57. The molecular formula is C31H34F3N5O2. The zero-order chi connectivity index (χ0) is 29.0. The zero-order valence-corrected chi connectivity index (χ0v) is 22.9. The highest BCUT2D eigenvalue weighted by Gasteiger charge is 2.34. The number of rotatable bonds is 9. The lowest BCUT2D eigenvalue weighted by Gasteiger charge is -2.28. The predicted octanol–water partition coefficient (Wildman–Crippen LogP) is 5.65. The molecule has 2 amide bonds. The van der Waals surface area contributed by atoms with Crippen LogP contribution in [0.2, 0.25) is 0 Å². The van der Waals surface area contributed by atoms with Crippen molar-refractivity contribution >= 4 is 23.3 Å². The van der Waals surface area contributed by atoms with E-state index < -0.39 is 11.7 Å². The zero-order valence-electron chi connectivity index (χ0n) is 22.9. The molecule has 1 aromatic heterocycles. The number of nitrogens with zero attached hydrogens (tertiary/aromatic N) is 2. The molecule has 1 aliphatic heterocycles. The molecule has 2 fully saturated rings. The number of pyridine rings is 1. The Hall–Kier alpha value is -3.76. The van der Waals surface area contributed by atoms with Gasteiger partial charge in [0.2, 0.25) is 11.8 Å². The third kappa shape index (κ3) is 7.71. The van der Waals surface area contributed by atoms with Crippen molar-refractivity contribution in [2.45, 2.75) is 44.8 Å². The normalized spacial score (nSPS) is 16.7. The summed E-state index contributed by atoms with van der Waals surface area (Å²) in [6.07, 6.45) is -0.822. The minimum absolute atomic E-state index is 0.0104. The molecule has 1 saturated carbocycles. The molecule has 1 unspecified atom stereocenters. The van der Waals surface area contributed by atoms with E-state index in [4.69, 9.17) is 0 Å². The Bertz CT molecular complexity index is 1370. The molecule has 1 atom stereocenters. The van der Waals surface area contributed by atoms with Gasteiger partial charge in [0.25, 0.3) is 0 Å². The summed E-state index contributed by atoms with van der Waals surface area (Å²) >= 11 is 0. The Kier molecular flexibility index (Phi) is 8.70. The standard InChI is InChI=1S/C31H34F3N5O2/c1-20(21-2-4-22(5-3-21)24-9-11-28(36-18-24)38-30(41)23-6-7-23)16-29(40)37-26-10-8-25(27(17-26)31(32,33)34)19-39-14-12-35-13-15-39/h2-5,8-11,17-18,20,23,35H,6-7,12-16,19H2,1H3,(H,37,40)(H,36,38,41). The SMILES string of the molecule is CC(CC(=O)Nc1ccc(CN2CCNCC2)c(C(F)(F)F)c1)c1ccc(-c2ccc(NC(=O)C3CC3)nc2)cc1. The van der Waals surface area contributed by atoms with E-state index >= 15 is 0 Å². The van der Waals surface area contributed by atoms with Gasteiger partial charge in [0, 0.05) is 62.5 Å². The molecule has 2 aromatic carbocycles. The van der Waals surface area contributed by atoms with Gasteiger partial charge in [-0.25, -0.2) is 4.98 Å². The van der Waals surface area contributed by atoms with Crippen LogP contribution in [-0.2, 0) is 22.3 Å². The van der Waals surface area contributed by atoms with Gasteiger partial charge < -0.3 is 16.0 Å². The number of piperazine rings is 1. The number of nitrogens with one attached hydrogen (secondary N) is 3. The Morgan fingerprint density at radius 3 is 2.34 bits per heavy atom. The van der Waals surface area contributed by atoms with Crippen LogP contribution in [0, 0.1) is 5.92 Å². The molecule has 3 N–H and O–H groups in total. The number of anilines is 2. The van der Waals surface area contributed by atoms with Crippen molar-refractivity contribution in [1.29, 1.82) is 0 Å². The summed E-state index contributed by atoms with van der Waals surface area (Å²) in [7, 11) is 0. The van der Waals surface area contributed by atoms with Gasteiger partial charge in [-0.05, 0) is 59.7 Å². The van der Waals surface area contributed by atoms with Crippen LogP contribution >= 0.6 is 0 Å². The van der Waals surface area contributed by atoms with Crippen molar-refractivity contribution < 1.29 is 22.8 Å². The van der Waals surface area contributed by atoms with E-state index in [-0.39, 0.29) is 47.9 Å². The number of aromatic nitrogens is 1. The van der Waals surface area contributed by atoms with E-state index in [9.17, 15) is 22.8 Å². The van der Waals surface area contributed by atoms with Gasteiger partial charge in [-0.15, -0.1) is 0 Å². The second-order valence-electron chi connectivity index (χ2n) is 10.9. The largest absolute Gasteiger partial charge is 0.416 e. The molecule has 1 saturated heterocycles. The quantitative estimate of drug-likeness (QED) is 0.312. The lowest BCUT2D eigenvalue weighted by molar-refractivity contribution is -0.138. The van der Waals surface area contributed by atoms with Crippen molar-refractivity contribution in [3.8, 4) is 11.1 Å². The second kappa shape index (κ2) is 12.4. The average molecular weight is 566 g/mol. The molecule has 7 nitrogen and oxygen atoms in total. The molecule has 3 aromatic rings. The maximum atomic E-state index is 13.8. The van der Waals surface area contributed by atoms with Crippen molar-refractivity contribution in [1.82, 2.24) is 15.2 Å². The van der Waals surface area contributed by atoms with E-state index in [2.05, 4.69) is 20.9 Å². The van der Waals surface area contributed by atoms with E-state index in [1.54, 1.807) is 18.3 Å². The smallest absolute Gasteiger partial charge is 0.326 e. The Morgan fingerprint density at radius 1 is 1.00 bits per heavy atom. The minimum Gasteiger partial charge on any atom is -0.326 e. The van der Waals surface area contributed by atoms with Crippen LogP contribution in [0.5, 0.6) is 0 Å². The van der Waals surface area contributed by atoms with Crippen LogP contribution < -0.4 is 16.0 Å². The summed E-state index contributed by atoms with van der Waals surface area (Å²) < 4.78 is 41.5. The molecule has 0 radical (unpaired) electrons. The van der Waals surface area contributed by atoms with Crippen molar-refractivity contribution in [3.63, 3.8) is 0 Å². The van der Waals surface area contributed by atoms with E-state index in [1.807, 2.05) is 42.2 Å². The van der Waals surface area contributed by atoms with Gasteiger partial charge in [-0.1, -0.05) is 37.3 Å². The molecule has 2 heterocycles. The van der Waals surface area contributed by atoms with Crippen LogP contribution in [0.25, 0.3) is 11.1 Å². The summed E-state index contributed by atoms with van der Waals surface area (Å²) in [5.74, 6) is 0.155. The number of halogens is 3. The first kappa shape index (κ1) is 28.8. The van der Waals surface area contributed by atoms with Crippen LogP contribution in [0.1, 0.15) is 48.8 Å². The maximum absolute atomic E-state index is 13.8. The minimum atomic E-state index is -4.51. The fourth-order valence-corrected chi connectivity index (χ4v) is 4.99. The van der Waals surface area contributed by atoms with E-state index in [0.717, 1.165) is 48.7 Å². The highest BCUT2D eigenvalue weighted by atomic mass is 19.4. The van der Waals surface area contributed by atoms with Gasteiger partial charge >= 0.3 is 6.18 Å². The first-order valence-corrected chi connectivity index (χ1v) is 14.0. The van der Waals surface area contributed by atoms with Crippen LogP contribution in [0.15, 0.2) is 60.8 Å². The fourth-order valence-electron chi connectivity index (χ4n) is 4.99. The lowest BCUT2D eigenvalue weighted by atomic mass is 9.95. The first-order chi connectivity index (χ1) is 19.7. The average Bonchev–Trinajstić information content (AvgIpc) is 3.80. The predicted molar refractivity (Wildman–Crippen MR) is 152 cm³/mol.